The first-order chi connectivity index (χ1) is 15.6. The van der Waals surface area contributed by atoms with E-state index in [0.29, 0.717) is 23.4 Å². The van der Waals surface area contributed by atoms with Crippen LogP contribution in [0, 0.1) is 17.8 Å². The molecule has 4 nitrogen and oxygen atoms in total. The molecule has 164 valence electrons. The number of ketones is 1. The van der Waals surface area contributed by atoms with Crippen LogP contribution in [-0.4, -0.2) is 23.5 Å². The quantitative estimate of drug-likeness (QED) is 0.379. The highest BCUT2D eigenvalue weighted by Gasteiger charge is 2.45. The zero-order chi connectivity index (χ0) is 22.5. The maximum absolute atomic E-state index is 13.3. The summed E-state index contributed by atoms with van der Waals surface area (Å²) in [6, 6.07) is 24.4. The fraction of sp³-hybridized carbons (Fsp3) is 0.259. The molecule has 1 N–H and O–H groups in total. The first-order valence-corrected chi connectivity index (χ1v) is 11.2. The van der Waals surface area contributed by atoms with Crippen molar-refractivity contribution in [3.05, 3.63) is 95.0 Å². The molecule has 0 spiro atoms. The second-order valence-corrected chi connectivity index (χ2v) is 8.63. The maximum atomic E-state index is 13.3. The number of esters is 1. The van der Waals surface area contributed by atoms with Crippen LogP contribution < -0.4 is 0 Å². The summed E-state index contributed by atoms with van der Waals surface area (Å²) < 4.78 is 5.53. The van der Waals surface area contributed by atoms with Crippen molar-refractivity contribution in [3.8, 4) is 11.1 Å². The third-order valence-corrected chi connectivity index (χ3v) is 6.46. The Kier molecular flexibility index (Phi) is 7.03. The van der Waals surface area contributed by atoms with Crippen LogP contribution in [-0.2, 0) is 16.1 Å². The molecule has 4 rings (SSSR count). The fourth-order valence-corrected chi connectivity index (χ4v) is 4.57. The number of halogens is 1. The van der Waals surface area contributed by atoms with Gasteiger partial charge < -0.3 is 9.84 Å². The van der Waals surface area contributed by atoms with Crippen molar-refractivity contribution in [1.29, 1.82) is 0 Å². The fourth-order valence-electron chi connectivity index (χ4n) is 4.45. The Labute approximate surface area is 192 Å². The molecule has 1 saturated carbocycles. The molecule has 0 aliphatic heterocycles. The summed E-state index contributed by atoms with van der Waals surface area (Å²) in [5.74, 6) is -1.88. The maximum Gasteiger partial charge on any atom is 0.310 e. The molecule has 3 aromatic rings. The number of hydrogen-bond acceptors (Lipinski definition) is 4. The van der Waals surface area contributed by atoms with Crippen LogP contribution in [0.15, 0.2) is 78.9 Å². The molecule has 32 heavy (non-hydrogen) atoms. The Balaban J connectivity index is 1.48. The van der Waals surface area contributed by atoms with Crippen LogP contribution in [0.2, 0.25) is 5.02 Å². The molecule has 0 radical (unpaired) electrons. The second-order valence-electron chi connectivity index (χ2n) is 8.19. The van der Waals surface area contributed by atoms with Gasteiger partial charge in [-0.15, -0.1) is 0 Å². The van der Waals surface area contributed by atoms with Gasteiger partial charge in [0.1, 0.15) is 6.61 Å². The average molecular weight is 449 g/mol. The standard InChI is InChI=1S/C27H25ClO4/c28-23-13-10-20(11-14-23)19-6-8-21(9-7-19)26(30)24-15-12-22(16-29)25(24)27(31)32-17-18-4-2-1-3-5-18/h1-11,13-14,22,24-25,29H,12,15-17H2. The van der Waals surface area contributed by atoms with E-state index in [1.165, 1.54) is 0 Å². The van der Waals surface area contributed by atoms with E-state index < -0.39 is 17.8 Å². The van der Waals surface area contributed by atoms with E-state index in [1.54, 1.807) is 12.1 Å². The van der Waals surface area contributed by atoms with Gasteiger partial charge in [-0.25, -0.2) is 0 Å². The number of Topliss-reactive ketones (excluding diaryl/α,β-unsaturated/α-hetero) is 1. The number of ether oxygens (including phenoxy) is 1. The summed E-state index contributed by atoms with van der Waals surface area (Å²) in [4.78, 5) is 26.2. The number of hydrogen-bond donors (Lipinski definition) is 1. The second kappa shape index (κ2) is 10.1. The van der Waals surface area contributed by atoms with E-state index in [1.807, 2.05) is 66.7 Å². The minimum atomic E-state index is -0.632. The van der Waals surface area contributed by atoms with Gasteiger partial charge in [0.05, 0.1) is 5.92 Å². The molecule has 0 saturated heterocycles. The summed E-state index contributed by atoms with van der Waals surface area (Å²) in [7, 11) is 0. The van der Waals surface area contributed by atoms with E-state index >= 15 is 0 Å². The van der Waals surface area contributed by atoms with E-state index in [2.05, 4.69) is 0 Å². The van der Waals surface area contributed by atoms with Crippen LogP contribution in [0.4, 0.5) is 0 Å². The van der Waals surface area contributed by atoms with Gasteiger partial charge in [-0.05, 0) is 47.6 Å². The van der Waals surface area contributed by atoms with E-state index in [4.69, 9.17) is 16.3 Å². The van der Waals surface area contributed by atoms with Crippen LogP contribution in [0.5, 0.6) is 0 Å². The van der Waals surface area contributed by atoms with Crippen molar-refractivity contribution in [2.75, 3.05) is 6.61 Å². The van der Waals surface area contributed by atoms with Gasteiger partial charge in [0, 0.05) is 23.1 Å². The molecule has 1 aliphatic rings. The van der Waals surface area contributed by atoms with Crippen molar-refractivity contribution in [2.24, 2.45) is 17.8 Å². The monoisotopic (exact) mass is 448 g/mol. The van der Waals surface area contributed by atoms with Crippen LogP contribution in [0.1, 0.15) is 28.8 Å². The van der Waals surface area contributed by atoms with Crippen molar-refractivity contribution in [2.45, 2.75) is 19.4 Å². The van der Waals surface area contributed by atoms with Gasteiger partial charge >= 0.3 is 5.97 Å². The molecule has 1 aliphatic carbocycles. The largest absolute Gasteiger partial charge is 0.461 e. The summed E-state index contributed by atoms with van der Waals surface area (Å²) in [5, 5.41) is 10.5. The van der Waals surface area contributed by atoms with Crippen LogP contribution >= 0.6 is 11.6 Å². The number of benzene rings is 3. The molecule has 5 heteroatoms. The van der Waals surface area contributed by atoms with Crippen LogP contribution in [0.3, 0.4) is 0 Å². The van der Waals surface area contributed by atoms with E-state index in [9.17, 15) is 14.7 Å². The molecule has 3 aromatic carbocycles. The van der Waals surface area contributed by atoms with Crippen molar-refractivity contribution >= 4 is 23.4 Å². The Hall–Kier alpha value is -2.95. The predicted octanol–water partition coefficient (Wildman–Crippen LogP) is 5.57. The first-order valence-electron chi connectivity index (χ1n) is 10.8. The number of rotatable bonds is 7. The number of aliphatic hydroxyl groups is 1. The summed E-state index contributed by atoms with van der Waals surface area (Å²) in [5.41, 5.74) is 3.45. The lowest BCUT2D eigenvalue weighted by Crippen LogP contribution is -2.32. The Morgan fingerprint density at radius 3 is 2.12 bits per heavy atom. The zero-order valence-electron chi connectivity index (χ0n) is 17.6. The van der Waals surface area contributed by atoms with Crippen molar-refractivity contribution in [1.82, 2.24) is 0 Å². The minimum Gasteiger partial charge on any atom is -0.461 e. The molecule has 0 heterocycles. The van der Waals surface area contributed by atoms with E-state index in [-0.39, 0.29) is 24.9 Å². The molecule has 0 aromatic heterocycles. The molecule has 0 amide bonds. The lowest BCUT2D eigenvalue weighted by molar-refractivity contribution is -0.152. The normalized spacial score (nSPS) is 20.1. The molecule has 0 bridgehead atoms. The highest BCUT2D eigenvalue weighted by molar-refractivity contribution is 6.30. The van der Waals surface area contributed by atoms with Gasteiger partial charge in [0.15, 0.2) is 5.78 Å². The van der Waals surface area contributed by atoms with Gasteiger partial charge in [0.2, 0.25) is 0 Å². The van der Waals surface area contributed by atoms with Crippen molar-refractivity contribution in [3.63, 3.8) is 0 Å². The average Bonchev–Trinajstić information content (AvgIpc) is 3.28. The molecule has 3 unspecified atom stereocenters. The highest BCUT2D eigenvalue weighted by Crippen LogP contribution is 2.40. The molecular formula is C27H25ClO4. The number of aliphatic hydroxyl groups excluding tert-OH is 1. The number of carbonyl (C=O) groups excluding carboxylic acids is 2. The lowest BCUT2D eigenvalue weighted by Gasteiger charge is -2.22. The highest BCUT2D eigenvalue weighted by atomic mass is 35.5. The van der Waals surface area contributed by atoms with Crippen molar-refractivity contribution < 1.29 is 19.4 Å². The molecular weight excluding hydrogens is 424 g/mol. The van der Waals surface area contributed by atoms with Gasteiger partial charge in [-0.2, -0.15) is 0 Å². The topological polar surface area (TPSA) is 63.6 Å². The van der Waals surface area contributed by atoms with E-state index in [0.717, 1.165) is 16.7 Å². The molecule has 1 fully saturated rings. The smallest absolute Gasteiger partial charge is 0.310 e. The number of carbonyl (C=O) groups is 2. The van der Waals surface area contributed by atoms with Gasteiger partial charge in [-0.1, -0.05) is 78.3 Å². The van der Waals surface area contributed by atoms with Gasteiger partial charge in [0.25, 0.3) is 0 Å². The molecule has 3 atom stereocenters. The Bertz CT molecular complexity index is 1060. The summed E-state index contributed by atoms with van der Waals surface area (Å²) in [6.07, 6.45) is 1.19. The zero-order valence-corrected chi connectivity index (χ0v) is 18.4. The Morgan fingerprint density at radius 1 is 0.875 bits per heavy atom. The summed E-state index contributed by atoms with van der Waals surface area (Å²) >= 11 is 5.96. The third-order valence-electron chi connectivity index (χ3n) is 6.20. The minimum absolute atomic E-state index is 0.0785. The Morgan fingerprint density at radius 2 is 1.50 bits per heavy atom. The third kappa shape index (κ3) is 4.93. The lowest BCUT2D eigenvalue weighted by atomic mass is 9.84. The SMILES string of the molecule is O=C(c1ccc(-c2ccc(Cl)cc2)cc1)C1CCC(CO)C1C(=O)OCc1ccccc1. The predicted molar refractivity (Wildman–Crippen MR) is 124 cm³/mol. The first kappa shape index (κ1) is 22.3. The van der Waals surface area contributed by atoms with Gasteiger partial charge in [-0.3, -0.25) is 9.59 Å². The summed E-state index contributed by atoms with van der Waals surface area (Å²) in [6.45, 7) is 0.0232. The van der Waals surface area contributed by atoms with Crippen LogP contribution in [0.25, 0.3) is 11.1 Å².